The van der Waals surface area contributed by atoms with Gasteiger partial charge in [0.15, 0.2) is 0 Å². The zero-order valence-electron chi connectivity index (χ0n) is 7.81. The summed E-state index contributed by atoms with van der Waals surface area (Å²) in [5.74, 6) is 0. The van der Waals surface area contributed by atoms with Crippen molar-refractivity contribution >= 4 is 12.4 Å². The van der Waals surface area contributed by atoms with Crippen LogP contribution in [0.15, 0.2) is 23.5 Å². The van der Waals surface area contributed by atoms with Gasteiger partial charge in [-0.3, -0.25) is 0 Å². The third kappa shape index (κ3) is 2.34. The topological polar surface area (TPSA) is 50.9 Å². The Labute approximate surface area is 73.4 Å². The molecule has 0 atom stereocenters. The van der Waals surface area contributed by atoms with Gasteiger partial charge >= 0.3 is 0 Å². The molecular formula is C9H15N3. The van der Waals surface area contributed by atoms with E-state index in [0.717, 1.165) is 11.3 Å². The van der Waals surface area contributed by atoms with E-state index in [1.165, 1.54) is 12.4 Å². The first-order chi connectivity index (χ1) is 5.54. The molecule has 0 spiro atoms. The van der Waals surface area contributed by atoms with Gasteiger partial charge in [0.2, 0.25) is 0 Å². The number of nitrogens with zero attached hydrogens (tertiary/aromatic N) is 1. The van der Waals surface area contributed by atoms with Gasteiger partial charge in [-0.1, -0.05) is 6.58 Å². The maximum atomic E-state index is 7.15. The van der Waals surface area contributed by atoms with E-state index in [4.69, 9.17) is 10.8 Å². The van der Waals surface area contributed by atoms with Gasteiger partial charge in [-0.05, 0) is 19.4 Å². The summed E-state index contributed by atoms with van der Waals surface area (Å²) in [5.41, 5.74) is 2.32. The highest BCUT2D eigenvalue weighted by molar-refractivity contribution is 5.88. The largest absolute Gasteiger partial charge is 0.348 e. The van der Waals surface area contributed by atoms with Crippen molar-refractivity contribution in [1.29, 1.82) is 10.8 Å². The molecule has 66 valence electrons. The van der Waals surface area contributed by atoms with Crippen LogP contribution in [0.25, 0.3) is 0 Å². The molecule has 0 saturated carbocycles. The fourth-order valence-corrected chi connectivity index (χ4v) is 0.755. The lowest BCUT2D eigenvalue weighted by molar-refractivity contribution is 0.548. The molecule has 0 aromatic rings. The van der Waals surface area contributed by atoms with E-state index in [-0.39, 0.29) is 0 Å². The second-order valence-corrected chi connectivity index (χ2v) is 2.65. The molecule has 0 saturated heterocycles. The monoisotopic (exact) mass is 165 g/mol. The van der Waals surface area contributed by atoms with Gasteiger partial charge in [-0.2, -0.15) is 0 Å². The van der Waals surface area contributed by atoms with Crippen LogP contribution in [-0.2, 0) is 0 Å². The first-order valence-electron chi connectivity index (χ1n) is 3.65. The van der Waals surface area contributed by atoms with Crippen LogP contribution in [0.1, 0.15) is 13.8 Å². The van der Waals surface area contributed by atoms with E-state index in [9.17, 15) is 0 Å². The van der Waals surface area contributed by atoms with Crippen molar-refractivity contribution in [2.45, 2.75) is 13.8 Å². The second kappa shape index (κ2) is 4.49. The van der Waals surface area contributed by atoms with Gasteiger partial charge in [0.05, 0.1) is 5.70 Å². The van der Waals surface area contributed by atoms with Crippen LogP contribution < -0.4 is 0 Å². The number of hydrogen-bond acceptors (Lipinski definition) is 3. The molecule has 0 amide bonds. The van der Waals surface area contributed by atoms with Gasteiger partial charge in [-0.15, -0.1) is 0 Å². The van der Waals surface area contributed by atoms with E-state index in [2.05, 4.69) is 6.58 Å². The average Bonchev–Trinajstić information content (AvgIpc) is 2.05. The molecule has 0 aliphatic heterocycles. The summed E-state index contributed by atoms with van der Waals surface area (Å²) in [6.07, 6.45) is 2.47. The number of rotatable bonds is 4. The van der Waals surface area contributed by atoms with E-state index >= 15 is 0 Å². The van der Waals surface area contributed by atoms with Crippen molar-refractivity contribution in [3.63, 3.8) is 0 Å². The molecule has 2 N–H and O–H groups in total. The zero-order valence-corrected chi connectivity index (χ0v) is 7.81. The minimum Gasteiger partial charge on any atom is -0.348 e. The van der Waals surface area contributed by atoms with Crippen molar-refractivity contribution < 1.29 is 0 Å². The lowest BCUT2D eigenvalue weighted by Gasteiger charge is -2.20. The lowest BCUT2D eigenvalue weighted by atomic mass is 10.2. The van der Waals surface area contributed by atoms with Crippen molar-refractivity contribution in [2.75, 3.05) is 7.05 Å². The van der Waals surface area contributed by atoms with Crippen LogP contribution in [0.4, 0.5) is 0 Å². The van der Waals surface area contributed by atoms with E-state index in [1.807, 2.05) is 14.0 Å². The molecule has 3 nitrogen and oxygen atoms in total. The minimum atomic E-state index is 0.706. The molecule has 3 heteroatoms. The third-order valence-electron chi connectivity index (χ3n) is 1.69. The molecule has 0 aromatic carbocycles. The molecule has 0 bridgehead atoms. The van der Waals surface area contributed by atoms with Crippen molar-refractivity contribution in [2.24, 2.45) is 0 Å². The Hall–Kier alpha value is -1.38. The summed E-state index contributed by atoms with van der Waals surface area (Å²) >= 11 is 0. The maximum absolute atomic E-state index is 7.15. The predicted molar refractivity (Wildman–Crippen MR) is 52.8 cm³/mol. The molecule has 0 fully saturated rings. The fraction of sp³-hybridized carbons (Fsp3) is 0.333. The average molecular weight is 165 g/mol. The smallest absolute Gasteiger partial charge is 0.0628 e. The second-order valence-electron chi connectivity index (χ2n) is 2.65. The molecule has 12 heavy (non-hydrogen) atoms. The van der Waals surface area contributed by atoms with Gasteiger partial charge < -0.3 is 15.7 Å². The molecule has 0 radical (unpaired) electrons. The van der Waals surface area contributed by atoms with E-state index in [1.54, 1.807) is 11.8 Å². The fourth-order valence-electron chi connectivity index (χ4n) is 0.755. The van der Waals surface area contributed by atoms with Crippen LogP contribution in [0.3, 0.4) is 0 Å². The van der Waals surface area contributed by atoms with Crippen LogP contribution in [0.5, 0.6) is 0 Å². The highest BCUT2D eigenvalue weighted by Gasteiger charge is 2.04. The summed E-state index contributed by atoms with van der Waals surface area (Å²) in [6, 6.07) is 0. The highest BCUT2D eigenvalue weighted by atomic mass is 15.1. The number of nitrogens with one attached hydrogen (secondary N) is 2. The number of allylic oxidation sites excluding steroid dienone is 3. The van der Waals surface area contributed by atoms with Gasteiger partial charge in [0.25, 0.3) is 0 Å². The molecule has 0 aliphatic carbocycles. The predicted octanol–water partition coefficient (Wildman–Crippen LogP) is 2.02. The van der Waals surface area contributed by atoms with Crippen LogP contribution in [-0.4, -0.2) is 24.4 Å². The Morgan fingerprint density at radius 3 is 2.00 bits per heavy atom. The molecule has 0 aromatic heterocycles. The summed E-state index contributed by atoms with van der Waals surface area (Å²) in [6.45, 7) is 7.41. The van der Waals surface area contributed by atoms with Crippen LogP contribution in [0, 0.1) is 10.8 Å². The lowest BCUT2D eigenvalue weighted by Crippen LogP contribution is -2.17. The zero-order chi connectivity index (χ0) is 9.72. The Morgan fingerprint density at radius 2 is 1.75 bits per heavy atom. The highest BCUT2D eigenvalue weighted by Crippen LogP contribution is 2.09. The summed E-state index contributed by atoms with van der Waals surface area (Å²) < 4.78 is 0. The quantitative estimate of drug-likeness (QED) is 0.615. The molecule has 0 heterocycles. The van der Waals surface area contributed by atoms with E-state index in [0.29, 0.717) is 5.70 Å². The van der Waals surface area contributed by atoms with Crippen LogP contribution >= 0.6 is 0 Å². The molecule has 0 unspecified atom stereocenters. The molecule has 0 aliphatic rings. The van der Waals surface area contributed by atoms with Gasteiger partial charge in [-0.25, -0.2) is 0 Å². The normalized spacial score (nSPS) is 11.6. The van der Waals surface area contributed by atoms with Crippen LogP contribution in [0.2, 0.25) is 0 Å². The van der Waals surface area contributed by atoms with Gasteiger partial charge in [0, 0.05) is 25.2 Å². The third-order valence-corrected chi connectivity index (χ3v) is 1.69. The first kappa shape index (κ1) is 10.6. The minimum absolute atomic E-state index is 0.706. The Bertz CT molecular complexity index is 238. The summed E-state index contributed by atoms with van der Waals surface area (Å²) in [7, 11) is 1.83. The first-order valence-corrected chi connectivity index (χ1v) is 3.65. The van der Waals surface area contributed by atoms with Crippen molar-refractivity contribution in [1.82, 2.24) is 4.90 Å². The maximum Gasteiger partial charge on any atom is 0.0628 e. The Morgan fingerprint density at radius 1 is 1.25 bits per heavy atom. The standard InChI is InChI=1S/C9H15N3/c1-7(2)12(4)9(6-11)8(3)5-10/h5-6,10-11H,1H2,2-4H3/b9-8+,10-5?,11-6?. The number of hydrogen-bond donors (Lipinski definition) is 2. The summed E-state index contributed by atoms with van der Waals surface area (Å²) in [5, 5.41) is 14.2. The van der Waals surface area contributed by atoms with Crippen molar-refractivity contribution in [3.05, 3.63) is 23.5 Å². The van der Waals surface area contributed by atoms with Gasteiger partial charge in [0.1, 0.15) is 0 Å². The molecular weight excluding hydrogens is 150 g/mol. The Balaban J connectivity index is 4.90. The summed E-state index contributed by atoms with van der Waals surface area (Å²) in [4.78, 5) is 1.79. The SMILES string of the molecule is C=C(C)N(C)/C(C=N)=C(\C)C=N. The van der Waals surface area contributed by atoms with E-state index < -0.39 is 0 Å². The van der Waals surface area contributed by atoms with Crippen molar-refractivity contribution in [3.8, 4) is 0 Å². The Kier molecular flexibility index (Phi) is 3.97. The molecule has 0 rings (SSSR count).